The zero-order valence-electron chi connectivity index (χ0n) is 10.1. The third kappa shape index (κ3) is 2.67. The number of hydrogen-bond donors (Lipinski definition) is 2. The number of rotatable bonds is 3. The van der Waals surface area contributed by atoms with E-state index in [9.17, 15) is 9.18 Å². The summed E-state index contributed by atoms with van der Waals surface area (Å²) in [6.45, 7) is 0. The number of hydrogen-bond acceptors (Lipinski definition) is 4. The molecule has 100 valence electrons. The van der Waals surface area contributed by atoms with Crippen LogP contribution in [0.4, 0.5) is 10.1 Å². The van der Waals surface area contributed by atoms with Crippen LogP contribution in [0.1, 0.15) is 15.9 Å². The van der Waals surface area contributed by atoms with Crippen molar-refractivity contribution in [2.24, 2.45) is 0 Å². The summed E-state index contributed by atoms with van der Waals surface area (Å²) in [4.78, 5) is 10.7. The largest absolute Gasteiger partial charge is 0.478 e. The van der Waals surface area contributed by atoms with Crippen molar-refractivity contribution in [3.63, 3.8) is 0 Å². The average molecular weight is 272 g/mol. The third-order valence-corrected chi connectivity index (χ3v) is 2.54. The number of halogens is 1. The predicted octanol–water partition coefficient (Wildman–Crippen LogP) is 2.77. The van der Waals surface area contributed by atoms with Crippen molar-refractivity contribution in [2.75, 3.05) is 5.73 Å². The van der Waals surface area contributed by atoms with E-state index in [-0.39, 0.29) is 11.4 Å². The summed E-state index contributed by atoms with van der Waals surface area (Å²) in [7, 11) is 0. The van der Waals surface area contributed by atoms with Crippen LogP contribution in [0.2, 0.25) is 0 Å². The van der Waals surface area contributed by atoms with Crippen molar-refractivity contribution < 1.29 is 19.0 Å². The molecule has 0 amide bonds. The van der Waals surface area contributed by atoms with Crippen molar-refractivity contribution in [2.45, 2.75) is 0 Å². The molecule has 0 aliphatic carbocycles. The summed E-state index contributed by atoms with van der Waals surface area (Å²) in [6, 6.07) is 9.99. The zero-order chi connectivity index (χ0) is 14.7. The van der Waals surface area contributed by atoms with E-state index in [0.29, 0.717) is 11.3 Å². The molecule has 0 spiro atoms. The van der Waals surface area contributed by atoms with Crippen LogP contribution in [0.3, 0.4) is 0 Å². The van der Waals surface area contributed by atoms with Gasteiger partial charge in [-0.05, 0) is 30.3 Å². The fraction of sp³-hybridized carbons (Fsp3) is 0. The molecule has 0 bridgehead atoms. The van der Waals surface area contributed by atoms with Crippen LogP contribution in [0.5, 0.6) is 11.5 Å². The molecule has 5 nitrogen and oxygen atoms in total. The van der Waals surface area contributed by atoms with Crippen LogP contribution in [-0.2, 0) is 0 Å². The highest BCUT2D eigenvalue weighted by Crippen LogP contribution is 2.30. The molecule has 0 aromatic heterocycles. The molecule has 0 heterocycles. The fourth-order valence-corrected chi connectivity index (χ4v) is 1.55. The lowest BCUT2D eigenvalue weighted by Crippen LogP contribution is -2.03. The Bertz CT molecular complexity index is 706. The topological polar surface area (TPSA) is 96.3 Å². The fourth-order valence-electron chi connectivity index (χ4n) is 1.55. The molecule has 0 saturated heterocycles. The Hall–Kier alpha value is -3.07. The number of carboxylic acids is 1. The summed E-state index contributed by atoms with van der Waals surface area (Å²) < 4.78 is 18.9. The number of nitrogens with two attached hydrogens (primary N) is 1. The summed E-state index contributed by atoms with van der Waals surface area (Å²) in [5, 5.41) is 17.4. The maximum Gasteiger partial charge on any atom is 0.338 e. The van der Waals surface area contributed by atoms with Crippen LogP contribution in [0.15, 0.2) is 36.4 Å². The van der Waals surface area contributed by atoms with Crippen LogP contribution < -0.4 is 10.5 Å². The van der Waals surface area contributed by atoms with Gasteiger partial charge in [-0.1, -0.05) is 0 Å². The smallest absolute Gasteiger partial charge is 0.338 e. The monoisotopic (exact) mass is 272 g/mol. The minimum absolute atomic E-state index is 0.00756. The molecule has 0 atom stereocenters. The Balaban J connectivity index is 2.31. The number of ether oxygens (including phenoxy) is 1. The van der Waals surface area contributed by atoms with E-state index in [2.05, 4.69) is 0 Å². The number of carboxylic acid groups (broad SMARTS) is 1. The Morgan fingerprint density at radius 2 is 1.95 bits per heavy atom. The zero-order valence-corrected chi connectivity index (χ0v) is 10.1. The Morgan fingerprint density at radius 3 is 2.50 bits per heavy atom. The summed E-state index contributed by atoms with van der Waals surface area (Å²) >= 11 is 0. The van der Waals surface area contributed by atoms with Gasteiger partial charge < -0.3 is 15.6 Å². The maximum absolute atomic E-state index is 13.5. The number of benzene rings is 2. The second-order valence-electron chi connectivity index (χ2n) is 3.91. The quantitative estimate of drug-likeness (QED) is 0.837. The normalized spacial score (nSPS) is 9.80. The van der Waals surface area contributed by atoms with Crippen LogP contribution in [0.25, 0.3) is 0 Å². The van der Waals surface area contributed by atoms with E-state index >= 15 is 0 Å². The molecule has 3 N–H and O–H groups in total. The van der Waals surface area contributed by atoms with E-state index in [4.69, 9.17) is 20.8 Å². The number of nitrogen functional groups attached to an aromatic ring is 1. The van der Waals surface area contributed by atoms with Gasteiger partial charge in [-0.15, -0.1) is 0 Å². The molecule has 0 saturated carbocycles. The SMILES string of the molecule is N#Cc1ccc(Oc2cc(F)c(C(=O)O)cc2N)cc1. The van der Waals surface area contributed by atoms with Gasteiger partial charge in [0.25, 0.3) is 0 Å². The summed E-state index contributed by atoms with van der Waals surface area (Å²) in [6.07, 6.45) is 0. The van der Waals surface area contributed by atoms with Crippen LogP contribution in [-0.4, -0.2) is 11.1 Å². The molecule has 0 fully saturated rings. The highest BCUT2D eigenvalue weighted by molar-refractivity contribution is 5.89. The van der Waals surface area contributed by atoms with Crippen molar-refractivity contribution in [3.05, 3.63) is 53.3 Å². The molecule has 0 aliphatic heterocycles. The highest BCUT2D eigenvalue weighted by Gasteiger charge is 2.14. The van der Waals surface area contributed by atoms with Crippen molar-refractivity contribution >= 4 is 11.7 Å². The average Bonchev–Trinajstić information content (AvgIpc) is 2.43. The van der Waals surface area contributed by atoms with Gasteiger partial charge in [-0.25, -0.2) is 9.18 Å². The molecular formula is C14H9FN2O3. The van der Waals surface area contributed by atoms with Crippen LogP contribution in [0, 0.1) is 17.1 Å². The van der Waals surface area contributed by atoms with Gasteiger partial charge in [0, 0.05) is 6.07 Å². The van der Waals surface area contributed by atoms with Gasteiger partial charge in [-0.3, -0.25) is 0 Å². The molecule has 2 aromatic carbocycles. The standard InChI is InChI=1S/C14H9FN2O3/c15-11-6-13(12(17)5-10(11)14(18)19)20-9-3-1-8(7-16)2-4-9/h1-6H,17H2,(H,18,19). The lowest BCUT2D eigenvalue weighted by molar-refractivity contribution is 0.0692. The first kappa shape index (κ1) is 13.4. The molecular weight excluding hydrogens is 263 g/mol. The second-order valence-corrected chi connectivity index (χ2v) is 3.91. The highest BCUT2D eigenvalue weighted by atomic mass is 19.1. The summed E-state index contributed by atoms with van der Waals surface area (Å²) in [5.74, 6) is -1.97. The van der Waals surface area contributed by atoms with Gasteiger partial charge in [0.2, 0.25) is 0 Å². The second kappa shape index (κ2) is 5.28. The Morgan fingerprint density at radius 1 is 1.30 bits per heavy atom. The number of nitriles is 1. The van der Waals surface area contributed by atoms with Gasteiger partial charge in [-0.2, -0.15) is 5.26 Å². The Labute approximate surface area is 113 Å². The number of anilines is 1. The first-order valence-corrected chi connectivity index (χ1v) is 5.51. The van der Waals surface area contributed by atoms with E-state index in [1.54, 1.807) is 0 Å². The van der Waals surface area contributed by atoms with E-state index in [1.807, 2.05) is 6.07 Å². The van der Waals surface area contributed by atoms with E-state index in [1.165, 1.54) is 24.3 Å². The third-order valence-electron chi connectivity index (χ3n) is 2.54. The van der Waals surface area contributed by atoms with Gasteiger partial charge >= 0.3 is 5.97 Å². The first-order valence-electron chi connectivity index (χ1n) is 5.51. The molecule has 2 aromatic rings. The molecule has 2 rings (SSSR count). The van der Waals surface area contributed by atoms with Crippen molar-refractivity contribution in [1.82, 2.24) is 0 Å². The van der Waals surface area contributed by atoms with E-state index in [0.717, 1.165) is 12.1 Å². The predicted molar refractivity (Wildman–Crippen MR) is 69.0 cm³/mol. The van der Waals surface area contributed by atoms with Crippen molar-refractivity contribution in [1.29, 1.82) is 5.26 Å². The molecule has 6 heteroatoms. The Kier molecular flexibility index (Phi) is 3.53. The lowest BCUT2D eigenvalue weighted by Gasteiger charge is -2.09. The minimum Gasteiger partial charge on any atom is -0.478 e. The van der Waals surface area contributed by atoms with Crippen molar-refractivity contribution in [3.8, 4) is 17.6 Å². The molecule has 0 aliphatic rings. The number of aromatic carboxylic acids is 1. The van der Waals surface area contributed by atoms with Gasteiger partial charge in [0.05, 0.1) is 22.9 Å². The minimum atomic E-state index is -1.40. The number of nitrogens with zero attached hydrogens (tertiary/aromatic N) is 1. The van der Waals surface area contributed by atoms with Gasteiger partial charge in [0.15, 0.2) is 5.75 Å². The van der Waals surface area contributed by atoms with E-state index < -0.39 is 17.3 Å². The number of carbonyl (C=O) groups is 1. The molecule has 0 unspecified atom stereocenters. The first-order chi connectivity index (χ1) is 9.51. The molecule has 20 heavy (non-hydrogen) atoms. The molecule has 0 radical (unpaired) electrons. The lowest BCUT2D eigenvalue weighted by atomic mass is 10.1. The summed E-state index contributed by atoms with van der Waals surface area (Å²) in [5.41, 5.74) is 5.57. The van der Waals surface area contributed by atoms with Crippen LogP contribution >= 0.6 is 0 Å². The van der Waals surface area contributed by atoms with Gasteiger partial charge in [0.1, 0.15) is 11.6 Å². The maximum atomic E-state index is 13.5.